The van der Waals surface area contributed by atoms with Gasteiger partial charge in [0.15, 0.2) is 0 Å². The summed E-state index contributed by atoms with van der Waals surface area (Å²) in [5.41, 5.74) is 2.43. The summed E-state index contributed by atoms with van der Waals surface area (Å²) >= 11 is 0. The zero-order valence-electron chi connectivity index (χ0n) is 9.41. The van der Waals surface area contributed by atoms with Gasteiger partial charge < -0.3 is 9.94 Å². The van der Waals surface area contributed by atoms with Gasteiger partial charge in [-0.1, -0.05) is 17.3 Å². The third-order valence-corrected chi connectivity index (χ3v) is 2.88. The monoisotopic (exact) mass is 242 g/mol. The summed E-state index contributed by atoms with van der Waals surface area (Å²) in [4.78, 5) is 19.9. The predicted molar refractivity (Wildman–Crippen MR) is 65.4 cm³/mol. The van der Waals surface area contributed by atoms with Crippen LogP contribution in [-0.2, 0) is 9.63 Å². The molecule has 1 aliphatic heterocycles. The molecule has 1 atom stereocenters. The van der Waals surface area contributed by atoms with E-state index in [4.69, 9.17) is 9.94 Å². The lowest BCUT2D eigenvalue weighted by atomic mass is 10.0. The Balaban J connectivity index is 1.94. The molecule has 1 unspecified atom stereocenters. The van der Waals surface area contributed by atoms with E-state index >= 15 is 0 Å². The maximum Gasteiger partial charge on any atom is 0.348 e. The molecule has 5 nitrogen and oxygen atoms in total. The van der Waals surface area contributed by atoms with Crippen LogP contribution in [0.25, 0.3) is 10.9 Å². The number of hydrogen-bond acceptors (Lipinski definition) is 4. The van der Waals surface area contributed by atoms with Crippen LogP contribution in [0, 0.1) is 0 Å². The van der Waals surface area contributed by atoms with Crippen LogP contribution in [0.4, 0.5) is 0 Å². The first-order chi connectivity index (χ1) is 8.74. The minimum atomic E-state index is -0.990. The molecule has 2 heterocycles. The van der Waals surface area contributed by atoms with Crippen molar-refractivity contribution in [2.24, 2.45) is 5.16 Å². The molecule has 0 saturated carbocycles. The molecule has 90 valence electrons. The SMILES string of the molecule is O=C(O)C1CC(c2ccc3ncccc3c2)=NO1. The molecule has 0 radical (unpaired) electrons. The van der Waals surface area contributed by atoms with Gasteiger partial charge in [-0.05, 0) is 18.2 Å². The molecule has 1 aliphatic rings. The number of carboxylic acids is 1. The van der Waals surface area contributed by atoms with Gasteiger partial charge in [-0.15, -0.1) is 0 Å². The third kappa shape index (κ3) is 1.79. The second-order valence-electron chi connectivity index (χ2n) is 4.09. The molecule has 3 rings (SSSR count). The molecule has 1 aromatic carbocycles. The number of aromatic nitrogens is 1. The van der Waals surface area contributed by atoms with E-state index in [0.717, 1.165) is 16.5 Å². The Labute approximate surface area is 103 Å². The maximum atomic E-state index is 10.8. The molecule has 1 N–H and O–H groups in total. The molecule has 18 heavy (non-hydrogen) atoms. The molecule has 0 saturated heterocycles. The van der Waals surface area contributed by atoms with Gasteiger partial charge in [0.1, 0.15) is 0 Å². The number of pyridine rings is 1. The van der Waals surface area contributed by atoms with Crippen molar-refractivity contribution < 1.29 is 14.7 Å². The van der Waals surface area contributed by atoms with Crippen molar-refractivity contribution in [2.45, 2.75) is 12.5 Å². The summed E-state index contributed by atoms with van der Waals surface area (Å²) in [7, 11) is 0. The van der Waals surface area contributed by atoms with Crippen molar-refractivity contribution in [1.29, 1.82) is 0 Å². The summed E-state index contributed by atoms with van der Waals surface area (Å²) < 4.78 is 0. The molecular formula is C13H10N2O3. The Kier molecular flexibility index (Phi) is 2.44. The van der Waals surface area contributed by atoms with Crippen LogP contribution in [0.1, 0.15) is 12.0 Å². The van der Waals surface area contributed by atoms with E-state index in [9.17, 15) is 4.79 Å². The fraction of sp³-hybridized carbons (Fsp3) is 0.154. The van der Waals surface area contributed by atoms with Crippen molar-refractivity contribution in [3.05, 3.63) is 42.1 Å². The van der Waals surface area contributed by atoms with Crippen molar-refractivity contribution in [1.82, 2.24) is 4.98 Å². The first kappa shape index (κ1) is 10.7. The Morgan fingerprint density at radius 3 is 3.06 bits per heavy atom. The second-order valence-corrected chi connectivity index (χ2v) is 4.09. The number of oxime groups is 1. The van der Waals surface area contributed by atoms with Crippen molar-refractivity contribution in [3.8, 4) is 0 Å². The molecule has 1 aromatic heterocycles. The molecule has 0 spiro atoms. The normalized spacial score (nSPS) is 18.4. The molecular weight excluding hydrogens is 232 g/mol. The van der Waals surface area contributed by atoms with Crippen LogP contribution in [0.3, 0.4) is 0 Å². The van der Waals surface area contributed by atoms with E-state index in [1.807, 2.05) is 30.3 Å². The predicted octanol–water partition coefficient (Wildman–Crippen LogP) is 1.81. The lowest BCUT2D eigenvalue weighted by Crippen LogP contribution is -2.19. The van der Waals surface area contributed by atoms with Crippen LogP contribution >= 0.6 is 0 Å². The quantitative estimate of drug-likeness (QED) is 0.871. The Hall–Kier alpha value is -2.43. The highest BCUT2D eigenvalue weighted by atomic mass is 16.7. The number of hydrogen-bond donors (Lipinski definition) is 1. The highest BCUT2D eigenvalue weighted by Gasteiger charge is 2.28. The number of benzene rings is 1. The van der Waals surface area contributed by atoms with Gasteiger partial charge in [-0.2, -0.15) is 0 Å². The minimum absolute atomic E-state index is 0.293. The molecule has 2 aromatic rings. The second kappa shape index (κ2) is 4.10. The lowest BCUT2D eigenvalue weighted by Gasteiger charge is -2.02. The molecule has 0 fully saturated rings. The maximum absolute atomic E-state index is 10.8. The highest BCUT2D eigenvalue weighted by molar-refractivity contribution is 6.05. The zero-order valence-corrected chi connectivity index (χ0v) is 9.41. The third-order valence-electron chi connectivity index (χ3n) is 2.88. The average Bonchev–Trinajstić information content (AvgIpc) is 2.88. The molecule has 0 bridgehead atoms. The highest BCUT2D eigenvalue weighted by Crippen LogP contribution is 2.20. The number of carboxylic acid groups (broad SMARTS) is 1. The van der Waals surface area contributed by atoms with Gasteiger partial charge in [0.25, 0.3) is 0 Å². The molecule has 5 heteroatoms. The molecule has 0 aliphatic carbocycles. The Morgan fingerprint density at radius 2 is 2.28 bits per heavy atom. The summed E-state index contributed by atoms with van der Waals surface area (Å²) in [6, 6.07) is 9.52. The van der Waals surface area contributed by atoms with E-state index in [0.29, 0.717) is 12.1 Å². The number of aliphatic carboxylic acids is 1. The lowest BCUT2D eigenvalue weighted by molar-refractivity contribution is -0.148. The van der Waals surface area contributed by atoms with Crippen LogP contribution < -0.4 is 0 Å². The van der Waals surface area contributed by atoms with Crippen LogP contribution in [0.15, 0.2) is 41.7 Å². The van der Waals surface area contributed by atoms with Gasteiger partial charge in [-0.3, -0.25) is 4.98 Å². The number of nitrogens with zero attached hydrogens (tertiary/aromatic N) is 2. The van der Waals surface area contributed by atoms with Gasteiger partial charge >= 0.3 is 5.97 Å². The van der Waals surface area contributed by atoms with E-state index in [1.165, 1.54) is 0 Å². The van der Waals surface area contributed by atoms with E-state index in [-0.39, 0.29) is 0 Å². The number of rotatable bonds is 2. The van der Waals surface area contributed by atoms with E-state index in [2.05, 4.69) is 10.1 Å². The average molecular weight is 242 g/mol. The minimum Gasteiger partial charge on any atom is -0.478 e. The number of fused-ring (bicyclic) bond motifs is 1. The largest absolute Gasteiger partial charge is 0.478 e. The van der Waals surface area contributed by atoms with Crippen LogP contribution in [-0.4, -0.2) is 27.9 Å². The summed E-state index contributed by atoms with van der Waals surface area (Å²) in [5, 5.41) is 13.7. The van der Waals surface area contributed by atoms with Crippen LogP contribution in [0.5, 0.6) is 0 Å². The summed E-state index contributed by atoms with van der Waals surface area (Å²) in [5.74, 6) is -0.990. The van der Waals surface area contributed by atoms with E-state index < -0.39 is 12.1 Å². The zero-order chi connectivity index (χ0) is 12.5. The van der Waals surface area contributed by atoms with Crippen molar-refractivity contribution >= 4 is 22.6 Å². The fourth-order valence-electron chi connectivity index (χ4n) is 1.94. The first-order valence-electron chi connectivity index (χ1n) is 5.55. The summed E-state index contributed by atoms with van der Waals surface area (Å²) in [6.07, 6.45) is 1.16. The number of carbonyl (C=O) groups is 1. The van der Waals surface area contributed by atoms with Gasteiger partial charge in [0.2, 0.25) is 6.10 Å². The molecule has 0 amide bonds. The van der Waals surface area contributed by atoms with E-state index in [1.54, 1.807) is 6.20 Å². The standard InChI is InChI=1S/C13H10N2O3/c16-13(17)12-7-11(15-18-12)9-3-4-10-8(6-9)2-1-5-14-10/h1-6,12H,7H2,(H,16,17). The van der Waals surface area contributed by atoms with Crippen molar-refractivity contribution in [2.75, 3.05) is 0 Å². The first-order valence-corrected chi connectivity index (χ1v) is 5.55. The van der Waals surface area contributed by atoms with Gasteiger partial charge in [0.05, 0.1) is 11.2 Å². The summed E-state index contributed by atoms with van der Waals surface area (Å²) in [6.45, 7) is 0. The van der Waals surface area contributed by atoms with Crippen molar-refractivity contribution in [3.63, 3.8) is 0 Å². The van der Waals surface area contributed by atoms with Gasteiger partial charge in [0, 0.05) is 23.6 Å². The van der Waals surface area contributed by atoms with Crippen LogP contribution in [0.2, 0.25) is 0 Å². The Bertz CT molecular complexity index is 651. The Morgan fingerprint density at radius 1 is 1.39 bits per heavy atom. The fourth-order valence-corrected chi connectivity index (χ4v) is 1.94. The van der Waals surface area contributed by atoms with Gasteiger partial charge in [-0.25, -0.2) is 4.79 Å². The topological polar surface area (TPSA) is 71.8 Å². The smallest absolute Gasteiger partial charge is 0.348 e.